The fraction of sp³-hybridized carbons (Fsp3) is 0.538. The number of hydrogen-bond donors (Lipinski definition) is 3. The third kappa shape index (κ3) is 3.78. The lowest BCUT2D eigenvalue weighted by molar-refractivity contribution is 0.233. The molecule has 102 valence electrons. The summed E-state index contributed by atoms with van der Waals surface area (Å²) in [5.74, 6) is 1.00. The summed E-state index contributed by atoms with van der Waals surface area (Å²) in [5, 5.41) is 21.9. The molecule has 0 fully saturated rings. The van der Waals surface area contributed by atoms with E-state index in [2.05, 4.69) is 5.32 Å². The number of aromatic hydroxyl groups is 1. The van der Waals surface area contributed by atoms with Gasteiger partial charge in [0.1, 0.15) is 0 Å². The Morgan fingerprint density at radius 3 is 2.22 bits per heavy atom. The van der Waals surface area contributed by atoms with Gasteiger partial charge in [0.2, 0.25) is 5.75 Å². The Kier molecular flexibility index (Phi) is 5.74. The van der Waals surface area contributed by atoms with Gasteiger partial charge in [0, 0.05) is 19.7 Å². The van der Waals surface area contributed by atoms with Crippen LogP contribution in [0.5, 0.6) is 17.2 Å². The van der Waals surface area contributed by atoms with Crippen molar-refractivity contribution in [2.45, 2.75) is 13.5 Å². The van der Waals surface area contributed by atoms with Gasteiger partial charge in [-0.25, -0.2) is 0 Å². The van der Waals surface area contributed by atoms with E-state index in [0.717, 1.165) is 12.1 Å². The highest BCUT2D eigenvalue weighted by atomic mass is 16.5. The average Bonchev–Trinajstić information content (AvgIpc) is 2.39. The van der Waals surface area contributed by atoms with Gasteiger partial charge in [-0.1, -0.05) is 6.92 Å². The summed E-state index contributed by atoms with van der Waals surface area (Å²) in [6.45, 7) is 3.47. The third-order valence-electron chi connectivity index (χ3n) is 2.67. The summed E-state index contributed by atoms with van der Waals surface area (Å²) in [6, 6.07) is 3.52. The highest BCUT2D eigenvalue weighted by Crippen LogP contribution is 2.36. The molecular weight excluding hydrogens is 234 g/mol. The number of benzene rings is 1. The number of methoxy groups -OCH3 is 2. The zero-order valence-electron chi connectivity index (χ0n) is 11.1. The summed E-state index contributed by atoms with van der Waals surface area (Å²) in [7, 11) is 3.00. The van der Waals surface area contributed by atoms with E-state index in [1.807, 2.05) is 6.92 Å². The van der Waals surface area contributed by atoms with Gasteiger partial charge in [-0.05, 0) is 23.6 Å². The van der Waals surface area contributed by atoms with E-state index in [1.165, 1.54) is 14.2 Å². The van der Waals surface area contributed by atoms with Crippen molar-refractivity contribution in [3.05, 3.63) is 17.7 Å². The molecule has 0 saturated carbocycles. The van der Waals surface area contributed by atoms with Crippen LogP contribution in [0.4, 0.5) is 0 Å². The summed E-state index contributed by atoms with van der Waals surface area (Å²) < 4.78 is 10.2. The largest absolute Gasteiger partial charge is 0.502 e. The first-order valence-corrected chi connectivity index (χ1v) is 5.87. The Bertz CT molecular complexity index is 356. The van der Waals surface area contributed by atoms with E-state index in [0.29, 0.717) is 18.0 Å². The van der Waals surface area contributed by atoms with Crippen molar-refractivity contribution in [1.29, 1.82) is 0 Å². The molecule has 3 N–H and O–H groups in total. The predicted molar refractivity (Wildman–Crippen MR) is 69.2 cm³/mol. The van der Waals surface area contributed by atoms with Crippen LogP contribution in [0.15, 0.2) is 12.1 Å². The molecule has 0 aromatic heterocycles. The molecule has 0 saturated heterocycles. The molecule has 0 aliphatic carbocycles. The van der Waals surface area contributed by atoms with Crippen LogP contribution in [0.1, 0.15) is 12.5 Å². The Hall–Kier alpha value is -1.46. The Labute approximate surface area is 107 Å². The molecule has 0 bridgehead atoms. The fourth-order valence-electron chi connectivity index (χ4n) is 1.58. The van der Waals surface area contributed by atoms with Gasteiger partial charge in [0.25, 0.3) is 0 Å². The van der Waals surface area contributed by atoms with Gasteiger partial charge in [-0.15, -0.1) is 0 Å². The van der Waals surface area contributed by atoms with Crippen molar-refractivity contribution >= 4 is 0 Å². The van der Waals surface area contributed by atoms with Crippen molar-refractivity contribution in [2.75, 3.05) is 27.4 Å². The average molecular weight is 255 g/mol. The van der Waals surface area contributed by atoms with Crippen LogP contribution >= 0.6 is 0 Å². The van der Waals surface area contributed by atoms with Gasteiger partial charge in [-0.3, -0.25) is 0 Å². The summed E-state index contributed by atoms with van der Waals surface area (Å²) in [6.07, 6.45) is 0. The third-order valence-corrected chi connectivity index (χ3v) is 2.67. The molecule has 0 radical (unpaired) electrons. The number of nitrogens with one attached hydrogen (secondary N) is 1. The van der Waals surface area contributed by atoms with Crippen molar-refractivity contribution in [2.24, 2.45) is 5.92 Å². The molecule has 1 aromatic rings. The summed E-state index contributed by atoms with van der Waals surface area (Å²) in [5.41, 5.74) is 0.951. The minimum Gasteiger partial charge on any atom is -0.502 e. The van der Waals surface area contributed by atoms with E-state index in [9.17, 15) is 5.11 Å². The number of hydrogen-bond acceptors (Lipinski definition) is 5. The maximum absolute atomic E-state index is 9.76. The predicted octanol–water partition coefficient (Wildman–Crippen LogP) is 1.13. The smallest absolute Gasteiger partial charge is 0.200 e. The number of ether oxygens (including phenoxy) is 2. The lowest BCUT2D eigenvalue weighted by Crippen LogP contribution is -2.22. The van der Waals surface area contributed by atoms with E-state index >= 15 is 0 Å². The van der Waals surface area contributed by atoms with Gasteiger partial charge in [-0.2, -0.15) is 0 Å². The quantitative estimate of drug-likeness (QED) is 0.681. The Morgan fingerprint density at radius 2 is 1.78 bits per heavy atom. The maximum Gasteiger partial charge on any atom is 0.200 e. The zero-order valence-corrected chi connectivity index (χ0v) is 11.1. The normalized spacial score (nSPS) is 12.2. The molecule has 5 nitrogen and oxygen atoms in total. The standard InChI is InChI=1S/C13H21NO4/c1-9(8-15)6-14-7-10-4-11(17-2)13(16)12(5-10)18-3/h4-5,9,14-16H,6-8H2,1-3H3. The fourth-order valence-corrected chi connectivity index (χ4v) is 1.58. The molecule has 1 rings (SSSR count). The first-order valence-electron chi connectivity index (χ1n) is 5.87. The van der Waals surface area contributed by atoms with E-state index < -0.39 is 0 Å². The maximum atomic E-state index is 9.76. The minimum atomic E-state index is 0.00692. The van der Waals surface area contributed by atoms with Crippen molar-refractivity contribution < 1.29 is 19.7 Å². The monoisotopic (exact) mass is 255 g/mol. The highest BCUT2D eigenvalue weighted by molar-refractivity contribution is 5.52. The zero-order chi connectivity index (χ0) is 13.5. The Morgan fingerprint density at radius 1 is 1.22 bits per heavy atom. The van der Waals surface area contributed by atoms with Crippen molar-refractivity contribution in [3.8, 4) is 17.2 Å². The van der Waals surface area contributed by atoms with Gasteiger partial charge >= 0.3 is 0 Å². The molecule has 18 heavy (non-hydrogen) atoms. The van der Waals surface area contributed by atoms with E-state index in [1.54, 1.807) is 12.1 Å². The van der Waals surface area contributed by atoms with Crippen molar-refractivity contribution in [1.82, 2.24) is 5.32 Å². The molecule has 0 spiro atoms. The second-order valence-electron chi connectivity index (χ2n) is 4.27. The molecular formula is C13H21NO4. The highest BCUT2D eigenvalue weighted by Gasteiger charge is 2.11. The van der Waals surface area contributed by atoms with Gasteiger partial charge < -0.3 is 25.0 Å². The molecule has 1 unspecified atom stereocenters. The molecule has 0 amide bonds. The topological polar surface area (TPSA) is 71.0 Å². The second kappa shape index (κ2) is 7.08. The number of phenols is 1. The first kappa shape index (κ1) is 14.6. The van der Waals surface area contributed by atoms with Gasteiger partial charge in [0.15, 0.2) is 11.5 Å². The minimum absolute atomic E-state index is 0.00692. The van der Waals surface area contributed by atoms with Crippen LogP contribution in [-0.4, -0.2) is 37.6 Å². The molecule has 0 heterocycles. The van der Waals surface area contributed by atoms with Crippen LogP contribution in [0.2, 0.25) is 0 Å². The van der Waals surface area contributed by atoms with Crippen LogP contribution < -0.4 is 14.8 Å². The van der Waals surface area contributed by atoms with E-state index in [-0.39, 0.29) is 18.3 Å². The van der Waals surface area contributed by atoms with Crippen molar-refractivity contribution in [3.63, 3.8) is 0 Å². The summed E-state index contributed by atoms with van der Waals surface area (Å²) >= 11 is 0. The first-order chi connectivity index (χ1) is 8.62. The Balaban J connectivity index is 2.71. The molecule has 0 aliphatic rings. The van der Waals surface area contributed by atoms with Crippen LogP contribution in [0.3, 0.4) is 0 Å². The second-order valence-corrected chi connectivity index (χ2v) is 4.27. The number of aliphatic hydroxyl groups is 1. The van der Waals surface area contributed by atoms with Gasteiger partial charge in [0.05, 0.1) is 14.2 Å². The SMILES string of the molecule is COc1cc(CNCC(C)CO)cc(OC)c1O. The lowest BCUT2D eigenvalue weighted by Gasteiger charge is -2.13. The van der Waals surface area contributed by atoms with E-state index in [4.69, 9.17) is 14.6 Å². The number of rotatable bonds is 7. The van der Waals surface area contributed by atoms with Crippen LogP contribution in [0.25, 0.3) is 0 Å². The molecule has 5 heteroatoms. The summed E-state index contributed by atoms with van der Waals surface area (Å²) in [4.78, 5) is 0. The number of phenolic OH excluding ortho intramolecular Hbond substituents is 1. The number of aliphatic hydroxyl groups excluding tert-OH is 1. The van der Waals surface area contributed by atoms with Crippen LogP contribution in [0, 0.1) is 5.92 Å². The molecule has 0 aliphatic heterocycles. The molecule has 1 atom stereocenters. The molecule has 1 aromatic carbocycles. The lowest BCUT2D eigenvalue weighted by atomic mass is 10.1. The van der Waals surface area contributed by atoms with Crippen LogP contribution in [-0.2, 0) is 6.54 Å².